The number of aliphatic hydroxyl groups is 1. The van der Waals surface area contributed by atoms with E-state index in [0.717, 1.165) is 54.8 Å². The Kier molecular flexibility index (Phi) is 3.22. The lowest BCUT2D eigenvalue weighted by atomic mass is 9.48. The van der Waals surface area contributed by atoms with Crippen LogP contribution in [0, 0.1) is 52.3 Å². The lowest BCUT2D eigenvalue weighted by Crippen LogP contribution is -2.50. The van der Waals surface area contributed by atoms with Crippen LogP contribution in [0.1, 0.15) is 72.1 Å². The first kappa shape index (κ1) is 15.9. The largest absolute Gasteiger partial charge is 0.393 e. The van der Waals surface area contributed by atoms with Crippen LogP contribution in [0.2, 0.25) is 0 Å². The minimum atomic E-state index is -0.0386. The smallest absolute Gasteiger partial charge is 0.133 e. The molecule has 5 fully saturated rings. The van der Waals surface area contributed by atoms with Gasteiger partial charge >= 0.3 is 0 Å². The summed E-state index contributed by atoms with van der Waals surface area (Å²) in [5.41, 5.74) is 0.764. The highest BCUT2D eigenvalue weighted by atomic mass is 16.3. The summed E-state index contributed by atoms with van der Waals surface area (Å²) in [6.45, 7) is 6.87. The number of fused-ring (bicyclic) bond motifs is 5. The van der Waals surface area contributed by atoms with Crippen molar-refractivity contribution in [2.45, 2.75) is 78.2 Å². The van der Waals surface area contributed by atoms with Crippen molar-refractivity contribution < 1.29 is 9.90 Å². The summed E-state index contributed by atoms with van der Waals surface area (Å²) < 4.78 is 0. The van der Waals surface area contributed by atoms with Crippen molar-refractivity contribution in [3.05, 3.63) is 0 Å². The summed E-state index contributed by atoms with van der Waals surface area (Å²) in [5.74, 6) is 5.90. The first-order chi connectivity index (χ1) is 11.4. The van der Waals surface area contributed by atoms with Gasteiger partial charge in [0.25, 0.3) is 0 Å². The molecule has 9 unspecified atom stereocenters. The molecule has 0 spiro atoms. The standard InChI is InChI=1S/C22H34O2/c1-12(23)17-4-5-18-16-11-15-14-10-13(24)6-8-22(3,20(14)15)19(16)7-9-21(17,18)2/h13-20,24H,4-11H2,1-3H3/t13?,14?,15-,16?,17?,18?,19?,20?,21?,22?/m0/s1. The monoisotopic (exact) mass is 330 g/mol. The molecule has 0 aromatic rings. The maximum atomic E-state index is 12.2. The van der Waals surface area contributed by atoms with Gasteiger partial charge in [0.2, 0.25) is 0 Å². The highest BCUT2D eigenvalue weighted by Crippen LogP contribution is 2.75. The zero-order valence-corrected chi connectivity index (χ0v) is 15.6. The molecule has 0 bridgehead atoms. The minimum Gasteiger partial charge on any atom is -0.393 e. The molecule has 0 amide bonds. The molecule has 5 aliphatic carbocycles. The Balaban J connectivity index is 1.48. The first-order valence-electron chi connectivity index (χ1n) is 10.5. The summed E-state index contributed by atoms with van der Waals surface area (Å²) >= 11 is 0. The fourth-order valence-electron chi connectivity index (χ4n) is 8.99. The van der Waals surface area contributed by atoms with E-state index in [4.69, 9.17) is 0 Å². The van der Waals surface area contributed by atoms with Gasteiger partial charge in [-0.05, 0) is 105 Å². The van der Waals surface area contributed by atoms with Gasteiger partial charge in [-0.25, -0.2) is 0 Å². The van der Waals surface area contributed by atoms with E-state index in [1.165, 1.54) is 32.1 Å². The molecule has 134 valence electrons. The van der Waals surface area contributed by atoms with E-state index in [9.17, 15) is 9.90 Å². The number of Topliss-reactive ketones (excluding diaryl/α,β-unsaturated/α-hetero) is 1. The number of hydrogen-bond acceptors (Lipinski definition) is 2. The molecule has 0 heterocycles. The number of hydrogen-bond donors (Lipinski definition) is 1. The molecule has 0 aromatic heterocycles. The fourth-order valence-corrected chi connectivity index (χ4v) is 8.99. The van der Waals surface area contributed by atoms with Crippen molar-refractivity contribution in [2.75, 3.05) is 0 Å². The minimum absolute atomic E-state index is 0.0386. The quantitative estimate of drug-likeness (QED) is 0.771. The van der Waals surface area contributed by atoms with Gasteiger partial charge in [0.1, 0.15) is 5.78 Å². The van der Waals surface area contributed by atoms with E-state index in [1.54, 1.807) is 0 Å². The molecule has 2 nitrogen and oxygen atoms in total. The van der Waals surface area contributed by atoms with Crippen LogP contribution < -0.4 is 0 Å². The molecule has 2 heteroatoms. The van der Waals surface area contributed by atoms with Crippen LogP contribution in [0.4, 0.5) is 0 Å². The Bertz CT molecular complexity index is 570. The fraction of sp³-hybridized carbons (Fsp3) is 0.955. The van der Waals surface area contributed by atoms with Crippen LogP contribution >= 0.6 is 0 Å². The third-order valence-corrected chi connectivity index (χ3v) is 9.97. The average molecular weight is 331 g/mol. The van der Waals surface area contributed by atoms with Crippen molar-refractivity contribution in [3.63, 3.8) is 0 Å². The summed E-state index contributed by atoms with van der Waals surface area (Å²) in [7, 11) is 0. The highest BCUT2D eigenvalue weighted by Gasteiger charge is 2.70. The number of ketones is 1. The van der Waals surface area contributed by atoms with Gasteiger partial charge in [-0.2, -0.15) is 0 Å². The van der Waals surface area contributed by atoms with Crippen molar-refractivity contribution in [1.29, 1.82) is 0 Å². The summed E-state index contributed by atoms with van der Waals surface area (Å²) in [5, 5.41) is 10.3. The van der Waals surface area contributed by atoms with E-state index in [1.807, 2.05) is 6.92 Å². The van der Waals surface area contributed by atoms with E-state index < -0.39 is 0 Å². The molecule has 24 heavy (non-hydrogen) atoms. The SMILES string of the molecule is CC(=O)C1CCC2C3C[C@H]4C5CC(O)CCC(C)(C3CCC12C)C54. The molecule has 1 N–H and O–H groups in total. The molecule has 5 rings (SSSR count). The highest BCUT2D eigenvalue weighted by molar-refractivity contribution is 5.79. The van der Waals surface area contributed by atoms with Crippen molar-refractivity contribution in [2.24, 2.45) is 52.3 Å². The third-order valence-electron chi connectivity index (χ3n) is 9.97. The molecule has 5 saturated carbocycles. The first-order valence-corrected chi connectivity index (χ1v) is 10.5. The van der Waals surface area contributed by atoms with Crippen molar-refractivity contribution >= 4 is 5.78 Å². The Hall–Kier alpha value is -0.370. The molecule has 10 atom stereocenters. The predicted molar refractivity (Wildman–Crippen MR) is 94.3 cm³/mol. The summed E-state index contributed by atoms with van der Waals surface area (Å²) in [6, 6.07) is 0. The second-order valence-corrected chi connectivity index (χ2v) is 10.7. The Morgan fingerprint density at radius 2 is 1.54 bits per heavy atom. The maximum absolute atomic E-state index is 12.2. The van der Waals surface area contributed by atoms with E-state index in [0.29, 0.717) is 17.1 Å². The van der Waals surface area contributed by atoms with Crippen LogP contribution in [0.25, 0.3) is 0 Å². The zero-order valence-electron chi connectivity index (χ0n) is 15.6. The molecular weight excluding hydrogens is 296 g/mol. The van der Waals surface area contributed by atoms with Crippen LogP contribution in [0.3, 0.4) is 0 Å². The van der Waals surface area contributed by atoms with E-state index in [-0.39, 0.29) is 11.5 Å². The number of carbonyl (C=O) groups excluding carboxylic acids is 1. The van der Waals surface area contributed by atoms with Crippen LogP contribution in [-0.4, -0.2) is 17.0 Å². The third kappa shape index (κ3) is 1.85. The number of carbonyl (C=O) groups is 1. The lowest BCUT2D eigenvalue weighted by molar-refractivity contribution is -0.129. The molecular formula is C22H34O2. The number of rotatable bonds is 1. The van der Waals surface area contributed by atoms with Crippen molar-refractivity contribution in [1.82, 2.24) is 0 Å². The maximum Gasteiger partial charge on any atom is 0.133 e. The summed E-state index contributed by atoms with van der Waals surface area (Å²) in [6.07, 6.45) is 9.76. The zero-order chi connectivity index (χ0) is 16.9. The normalized spacial score (nSPS) is 61.3. The Labute approximate surface area is 146 Å². The molecule has 0 radical (unpaired) electrons. The Morgan fingerprint density at radius 3 is 2.29 bits per heavy atom. The van der Waals surface area contributed by atoms with Gasteiger partial charge in [-0.3, -0.25) is 4.79 Å². The molecule has 0 saturated heterocycles. The van der Waals surface area contributed by atoms with Crippen LogP contribution in [-0.2, 0) is 4.79 Å². The van der Waals surface area contributed by atoms with Crippen LogP contribution in [0.5, 0.6) is 0 Å². The van der Waals surface area contributed by atoms with Gasteiger partial charge in [-0.15, -0.1) is 0 Å². The second-order valence-electron chi connectivity index (χ2n) is 10.7. The van der Waals surface area contributed by atoms with E-state index in [2.05, 4.69) is 13.8 Å². The van der Waals surface area contributed by atoms with Crippen LogP contribution in [0.15, 0.2) is 0 Å². The topological polar surface area (TPSA) is 37.3 Å². The van der Waals surface area contributed by atoms with Crippen molar-refractivity contribution in [3.8, 4) is 0 Å². The van der Waals surface area contributed by atoms with Gasteiger partial charge in [0.05, 0.1) is 6.10 Å². The summed E-state index contributed by atoms with van der Waals surface area (Å²) in [4.78, 5) is 12.2. The molecule has 0 aliphatic heterocycles. The average Bonchev–Trinajstić information content (AvgIpc) is 3.11. The van der Waals surface area contributed by atoms with Gasteiger partial charge in [0.15, 0.2) is 0 Å². The Morgan fingerprint density at radius 1 is 0.875 bits per heavy atom. The van der Waals surface area contributed by atoms with Gasteiger partial charge < -0.3 is 5.11 Å². The lowest BCUT2D eigenvalue weighted by Gasteiger charge is -2.56. The van der Waals surface area contributed by atoms with Gasteiger partial charge in [-0.1, -0.05) is 13.8 Å². The van der Waals surface area contributed by atoms with E-state index >= 15 is 0 Å². The number of aliphatic hydroxyl groups excluding tert-OH is 1. The second kappa shape index (κ2) is 4.87. The molecule has 0 aromatic carbocycles. The molecule has 5 aliphatic rings. The van der Waals surface area contributed by atoms with Gasteiger partial charge in [0, 0.05) is 5.92 Å². The predicted octanol–water partition coefficient (Wildman–Crippen LogP) is 4.45.